The van der Waals surface area contributed by atoms with Crippen molar-refractivity contribution >= 4 is 5.69 Å². The Bertz CT molecular complexity index is 424. The maximum Gasteiger partial charge on any atom is 0.143 e. The van der Waals surface area contributed by atoms with E-state index >= 15 is 0 Å². The molecule has 1 rings (SSSR count). The summed E-state index contributed by atoms with van der Waals surface area (Å²) in [6.07, 6.45) is 0. The lowest BCUT2D eigenvalue weighted by Gasteiger charge is -2.25. The number of hydrogen-bond acceptors (Lipinski definition) is 3. The molecule has 0 fully saturated rings. The molecule has 0 atom stereocenters. The van der Waals surface area contributed by atoms with Crippen LogP contribution in [-0.4, -0.2) is 18.8 Å². The number of anilines is 1. The normalized spacial score (nSPS) is 11.0. The Labute approximate surface area is 101 Å². The highest BCUT2D eigenvalue weighted by molar-refractivity contribution is 5.58. The maximum atomic E-state index is 13.3. The maximum absolute atomic E-state index is 13.3. The fourth-order valence-electron chi connectivity index (χ4n) is 1.53. The van der Waals surface area contributed by atoms with Crippen LogP contribution in [0, 0.1) is 17.1 Å². The molecule has 0 unspecified atom stereocenters. The van der Waals surface area contributed by atoms with Crippen LogP contribution in [0.4, 0.5) is 10.1 Å². The number of rotatable bonds is 5. The van der Waals surface area contributed by atoms with E-state index in [0.29, 0.717) is 18.8 Å². The number of nitriles is 1. The minimum absolute atomic E-state index is 0.0415. The van der Waals surface area contributed by atoms with E-state index in [1.807, 2.05) is 26.8 Å². The van der Waals surface area contributed by atoms with Crippen LogP contribution in [0.15, 0.2) is 18.2 Å². The Balaban J connectivity index is 2.77. The van der Waals surface area contributed by atoms with E-state index in [1.165, 1.54) is 6.07 Å². The van der Waals surface area contributed by atoms with Crippen LogP contribution in [0.1, 0.15) is 26.3 Å². The van der Waals surface area contributed by atoms with Gasteiger partial charge in [0, 0.05) is 13.2 Å². The van der Waals surface area contributed by atoms with Crippen LogP contribution < -0.4 is 5.32 Å². The predicted octanol–water partition coefficient (Wildman–Crippen LogP) is 2.92. The third kappa shape index (κ3) is 3.72. The number of nitrogens with zero attached hydrogens (tertiary/aromatic N) is 1. The minimum Gasteiger partial charge on any atom is -0.381 e. The first-order valence-corrected chi connectivity index (χ1v) is 5.56. The summed E-state index contributed by atoms with van der Waals surface area (Å²) in [5, 5.41) is 11.9. The molecule has 0 bridgehead atoms. The lowest BCUT2D eigenvalue weighted by molar-refractivity contribution is 0.000691. The molecule has 0 aliphatic carbocycles. The summed E-state index contributed by atoms with van der Waals surface area (Å²) in [4.78, 5) is 0. The molecule has 1 N–H and O–H groups in total. The Morgan fingerprint density at radius 2 is 2.18 bits per heavy atom. The quantitative estimate of drug-likeness (QED) is 0.855. The lowest BCUT2D eigenvalue weighted by Crippen LogP contribution is -2.33. The van der Waals surface area contributed by atoms with Gasteiger partial charge >= 0.3 is 0 Å². The molecule has 0 radical (unpaired) electrons. The fraction of sp³-hybridized carbons (Fsp3) is 0.462. The molecular weight excluding hydrogens is 219 g/mol. The average Bonchev–Trinajstić information content (AvgIpc) is 2.26. The van der Waals surface area contributed by atoms with Gasteiger partial charge in [0.15, 0.2) is 0 Å². The molecular formula is C13H17FN2O. The zero-order valence-corrected chi connectivity index (χ0v) is 10.4. The summed E-state index contributed by atoms with van der Waals surface area (Å²) in [5.41, 5.74) is 0.188. The Morgan fingerprint density at radius 3 is 2.76 bits per heavy atom. The van der Waals surface area contributed by atoms with Crippen LogP contribution in [0.3, 0.4) is 0 Å². The summed E-state index contributed by atoms with van der Waals surface area (Å²) >= 11 is 0. The molecule has 0 aliphatic heterocycles. The third-order valence-corrected chi connectivity index (χ3v) is 2.37. The molecule has 4 heteroatoms. The van der Waals surface area contributed by atoms with Crippen molar-refractivity contribution in [3.8, 4) is 6.07 Å². The molecule has 17 heavy (non-hydrogen) atoms. The first-order chi connectivity index (χ1) is 8.00. The van der Waals surface area contributed by atoms with Crippen LogP contribution in [0.25, 0.3) is 0 Å². The monoisotopic (exact) mass is 236 g/mol. The largest absolute Gasteiger partial charge is 0.381 e. The van der Waals surface area contributed by atoms with Gasteiger partial charge in [-0.25, -0.2) is 4.39 Å². The Hall–Kier alpha value is -1.60. The second kappa shape index (κ2) is 5.65. The van der Waals surface area contributed by atoms with Crippen LogP contribution in [-0.2, 0) is 4.74 Å². The molecule has 1 aromatic rings. The molecule has 1 aromatic carbocycles. The van der Waals surface area contributed by atoms with Crippen molar-refractivity contribution in [3.63, 3.8) is 0 Å². The first kappa shape index (κ1) is 13.5. The standard InChI is InChI=1S/C13H17FN2O/c1-4-17-13(2,3)9-16-12-7-5-6-11(14)10(12)8-15/h5-7,16H,4,9H2,1-3H3. The van der Waals surface area contributed by atoms with Gasteiger partial charge in [0.2, 0.25) is 0 Å². The number of hydrogen-bond donors (Lipinski definition) is 1. The van der Waals surface area contributed by atoms with Gasteiger partial charge in [0.25, 0.3) is 0 Å². The SMILES string of the molecule is CCOC(C)(C)CNc1cccc(F)c1C#N. The molecule has 0 heterocycles. The molecule has 92 valence electrons. The van der Waals surface area contributed by atoms with Crippen molar-refractivity contribution in [1.82, 2.24) is 0 Å². The predicted molar refractivity (Wildman–Crippen MR) is 65.3 cm³/mol. The van der Waals surface area contributed by atoms with Crippen molar-refractivity contribution < 1.29 is 9.13 Å². The average molecular weight is 236 g/mol. The van der Waals surface area contributed by atoms with Crippen molar-refractivity contribution in [2.45, 2.75) is 26.4 Å². The number of ether oxygens (including phenoxy) is 1. The smallest absolute Gasteiger partial charge is 0.143 e. The van der Waals surface area contributed by atoms with Gasteiger partial charge in [0.05, 0.1) is 11.3 Å². The second-order valence-electron chi connectivity index (χ2n) is 4.32. The zero-order valence-electron chi connectivity index (χ0n) is 10.4. The fourth-order valence-corrected chi connectivity index (χ4v) is 1.53. The lowest BCUT2D eigenvalue weighted by atomic mass is 10.1. The van der Waals surface area contributed by atoms with Gasteiger partial charge in [-0.2, -0.15) is 5.26 Å². The molecule has 0 aromatic heterocycles. The van der Waals surface area contributed by atoms with Crippen LogP contribution >= 0.6 is 0 Å². The highest BCUT2D eigenvalue weighted by Crippen LogP contribution is 2.19. The third-order valence-electron chi connectivity index (χ3n) is 2.37. The number of benzene rings is 1. The summed E-state index contributed by atoms with van der Waals surface area (Å²) < 4.78 is 18.8. The molecule has 0 aliphatic rings. The topological polar surface area (TPSA) is 45.0 Å². The van der Waals surface area contributed by atoms with Gasteiger partial charge in [-0.3, -0.25) is 0 Å². The Morgan fingerprint density at radius 1 is 1.47 bits per heavy atom. The molecule has 0 saturated heterocycles. The summed E-state index contributed by atoms with van der Waals surface area (Å²) in [7, 11) is 0. The number of nitrogens with one attached hydrogen (secondary N) is 1. The van der Waals surface area contributed by atoms with E-state index in [0.717, 1.165) is 0 Å². The van der Waals surface area contributed by atoms with Gasteiger partial charge in [0.1, 0.15) is 17.4 Å². The van der Waals surface area contributed by atoms with E-state index in [1.54, 1.807) is 12.1 Å². The van der Waals surface area contributed by atoms with Crippen molar-refractivity contribution in [2.75, 3.05) is 18.5 Å². The van der Waals surface area contributed by atoms with Gasteiger partial charge in [-0.05, 0) is 32.9 Å². The second-order valence-corrected chi connectivity index (χ2v) is 4.32. The summed E-state index contributed by atoms with van der Waals surface area (Å²) in [6.45, 7) is 6.93. The zero-order chi connectivity index (χ0) is 12.9. The number of halogens is 1. The van der Waals surface area contributed by atoms with Crippen molar-refractivity contribution in [3.05, 3.63) is 29.6 Å². The summed E-state index contributed by atoms with van der Waals surface area (Å²) in [6, 6.07) is 6.39. The Kier molecular flexibility index (Phi) is 4.47. The molecule has 0 spiro atoms. The molecule has 0 amide bonds. The van der Waals surface area contributed by atoms with E-state index in [4.69, 9.17) is 10.00 Å². The van der Waals surface area contributed by atoms with Gasteiger partial charge in [-0.1, -0.05) is 6.07 Å². The molecule has 0 saturated carbocycles. The highest BCUT2D eigenvalue weighted by Gasteiger charge is 2.18. The van der Waals surface area contributed by atoms with E-state index in [9.17, 15) is 4.39 Å². The van der Waals surface area contributed by atoms with Crippen molar-refractivity contribution in [1.29, 1.82) is 5.26 Å². The van der Waals surface area contributed by atoms with E-state index < -0.39 is 5.82 Å². The first-order valence-electron chi connectivity index (χ1n) is 5.56. The van der Waals surface area contributed by atoms with Gasteiger partial charge < -0.3 is 10.1 Å². The molecule has 3 nitrogen and oxygen atoms in total. The van der Waals surface area contributed by atoms with Crippen LogP contribution in [0.5, 0.6) is 0 Å². The van der Waals surface area contributed by atoms with Crippen molar-refractivity contribution in [2.24, 2.45) is 0 Å². The van der Waals surface area contributed by atoms with E-state index in [2.05, 4.69) is 5.32 Å². The van der Waals surface area contributed by atoms with E-state index in [-0.39, 0.29) is 11.2 Å². The van der Waals surface area contributed by atoms with Gasteiger partial charge in [-0.15, -0.1) is 0 Å². The highest BCUT2D eigenvalue weighted by atomic mass is 19.1. The van der Waals surface area contributed by atoms with Crippen LogP contribution in [0.2, 0.25) is 0 Å². The minimum atomic E-state index is -0.508. The summed E-state index contributed by atoms with van der Waals surface area (Å²) in [5.74, 6) is -0.508.